The summed E-state index contributed by atoms with van der Waals surface area (Å²) in [6, 6.07) is 6.43. The quantitative estimate of drug-likeness (QED) is 0.237. The molecule has 0 saturated carbocycles. The predicted molar refractivity (Wildman–Crippen MR) is 130 cm³/mol. The van der Waals surface area contributed by atoms with Crippen LogP contribution < -0.4 is 10.6 Å². The van der Waals surface area contributed by atoms with Crippen LogP contribution in [0.4, 0.5) is 0 Å². The van der Waals surface area contributed by atoms with Crippen LogP contribution in [0, 0.1) is 6.92 Å². The molecule has 0 bridgehead atoms. The van der Waals surface area contributed by atoms with E-state index in [4.69, 9.17) is 9.52 Å². The second-order valence-electron chi connectivity index (χ2n) is 6.92. The third-order valence-corrected chi connectivity index (χ3v) is 5.04. The summed E-state index contributed by atoms with van der Waals surface area (Å²) < 4.78 is 5.45. The summed E-state index contributed by atoms with van der Waals surface area (Å²) in [6.07, 6.45) is 4.74. The maximum absolute atomic E-state index is 5.45. The number of rotatable bonds is 8. The fourth-order valence-corrected chi connectivity index (χ4v) is 3.50. The van der Waals surface area contributed by atoms with Crippen molar-refractivity contribution in [3.05, 3.63) is 52.5 Å². The Morgan fingerprint density at radius 3 is 2.72 bits per heavy atom. The lowest BCUT2D eigenvalue weighted by molar-refractivity contribution is 0.380. The largest absolute Gasteiger partial charge is 0.361 e. The number of aliphatic imine (C=N–C) groups is 1. The van der Waals surface area contributed by atoms with E-state index in [0.29, 0.717) is 6.54 Å². The van der Waals surface area contributed by atoms with Gasteiger partial charge in [0.1, 0.15) is 5.76 Å². The molecule has 0 aliphatic carbocycles. The molecule has 29 heavy (non-hydrogen) atoms. The fourth-order valence-electron chi connectivity index (χ4n) is 3.50. The van der Waals surface area contributed by atoms with Crippen molar-refractivity contribution >= 4 is 40.8 Å². The Hall–Kier alpha value is -2.03. The first kappa shape index (κ1) is 23.3. The van der Waals surface area contributed by atoms with Gasteiger partial charge in [-0.25, -0.2) is 4.99 Å². The molecule has 0 amide bonds. The zero-order valence-corrected chi connectivity index (χ0v) is 20.1. The third kappa shape index (κ3) is 5.52. The Morgan fingerprint density at radius 2 is 2.00 bits per heavy atom. The minimum atomic E-state index is 0. The number of aromatic amines is 1. The van der Waals surface area contributed by atoms with Crippen LogP contribution in [0.15, 0.2) is 33.9 Å². The molecule has 0 saturated heterocycles. The predicted octanol–water partition coefficient (Wildman–Crippen LogP) is 4.50. The highest BCUT2D eigenvalue weighted by molar-refractivity contribution is 14.0. The monoisotopic (exact) mass is 509 g/mol. The molecule has 3 aromatic rings. The zero-order valence-electron chi connectivity index (χ0n) is 17.8. The second kappa shape index (κ2) is 11.2. The molecule has 3 rings (SSSR count). The first-order chi connectivity index (χ1) is 13.7. The number of hydrogen-bond donors (Lipinski definition) is 3. The topological polar surface area (TPSA) is 78.2 Å². The Kier molecular flexibility index (Phi) is 9.00. The molecule has 3 N–H and O–H groups in total. The van der Waals surface area contributed by atoms with E-state index in [-0.39, 0.29) is 24.0 Å². The van der Waals surface area contributed by atoms with Crippen LogP contribution in [0.25, 0.3) is 10.9 Å². The molecular formula is C22H32IN5O. The smallest absolute Gasteiger partial charge is 0.191 e. The van der Waals surface area contributed by atoms with Gasteiger partial charge < -0.3 is 20.1 Å². The highest BCUT2D eigenvalue weighted by atomic mass is 127. The van der Waals surface area contributed by atoms with Gasteiger partial charge in [0.25, 0.3) is 0 Å². The lowest BCUT2D eigenvalue weighted by atomic mass is 10.1. The zero-order chi connectivity index (χ0) is 19.9. The van der Waals surface area contributed by atoms with Crippen LogP contribution in [0.5, 0.6) is 0 Å². The van der Waals surface area contributed by atoms with Crippen molar-refractivity contribution in [2.45, 2.75) is 53.5 Å². The number of aryl methyl sites for hydroxylation is 3. The summed E-state index contributed by atoms with van der Waals surface area (Å²) in [6.45, 7) is 10.6. The number of benzene rings is 1. The van der Waals surface area contributed by atoms with E-state index < -0.39 is 0 Å². The molecule has 0 aliphatic heterocycles. The SMILES string of the molecule is CCNC(=NCc1c(CC)noc1CC)NCCc1c[nH]c2c(C)cccc12.I. The lowest BCUT2D eigenvalue weighted by Gasteiger charge is -2.11. The molecule has 158 valence electrons. The number of H-pyrrole nitrogens is 1. The van der Waals surface area contributed by atoms with Gasteiger partial charge in [-0.3, -0.25) is 0 Å². The second-order valence-corrected chi connectivity index (χ2v) is 6.92. The third-order valence-electron chi connectivity index (χ3n) is 5.04. The number of nitrogens with one attached hydrogen (secondary N) is 3. The van der Waals surface area contributed by atoms with Crippen molar-refractivity contribution in [2.24, 2.45) is 4.99 Å². The first-order valence-corrected chi connectivity index (χ1v) is 10.2. The van der Waals surface area contributed by atoms with E-state index in [1.165, 1.54) is 22.0 Å². The Labute approximate surface area is 189 Å². The summed E-state index contributed by atoms with van der Waals surface area (Å²) in [5.74, 6) is 1.76. The summed E-state index contributed by atoms with van der Waals surface area (Å²) in [5.41, 5.74) is 5.95. The maximum Gasteiger partial charge on any atom is 0.191 e. The molecular weight excluding hydrogens is 477 g/mol. The van der Waals surface area contributed by atoms with E-state index in [1.807, 2.05) is 0 Å². The van der Waals surface area contributed by atoms with Gasteiger partial charge >= 0.3 is 0 Å². The first-order valence-electron chi connectivity index (χ1n) is 10.2. The molecule has 7 heteroatoms. The van der Waals surface area contributed by atoms with Gasteiger partial charge in [0.2, 0.25) is 0 Å². The normalized spacial score (nSPS) is 11.5. The average molecular weight is 509 g/mol. The van der Waals surface area contributed by atoms with Gasteiger partial charge in [0.15, 0.2) is 5.96 Å². The van der Waals surface area contributed by atoms with Gasteiger partial charge in [-0.15, -0.1) is 24.0 Å². The molecule has 0 spiro atoms. The fraction of sp³-hybridized carbons (Fsp3) is 0.455. The molecule has 2 aromatic heterocycles. The summed E-state index contributed by atoms with van der Waals surface area (Å²) in [7, 11) is 0. The summed E-state index contributed by atoms with van der Waals surface area (Å²) in [4.78, 5) is 8.15. The van der Waals surface area contributed by atoms with Crippen LogP contribution in [0.2, 0.25) is 0 Å². The molecule has 0 radical (unpaired) electrons. The van der Waals surface area contributed by atoms with Crippen LogP contribution in [-0.4, -0.2) is 29.2 Å². The number of para-hydroxylation sites is 1. The van der Waals surface area contributed by atoms with Gasteiger partial charge in [0, 0.05) is 42.2 Å². The van der Waals surface area contributed by atoms with Crippen LogP contribution >= 0.6 is 24.0 Å². The number of halogens is 1. The average Bonchev–Trinajstić information content (AvgIpc) is 3.30. The molecule has 0 fully saturated rings. The van der Waals surface area contributed by atoms with Crippen molar-refractivity contribution in [1.29, 1.82) is 0 Å². The number of guanidine groups is 1. The van der Waals surface area contributed by atoms with E-state index in [0.717, 1.165) is 55.3 Å². The Morgan fingerprint density at radius 1 is 1.17 bits per heavy atom. The number of aromatic nitrogens is 2. The van der Waals surface area contributed by atoms with Gasteiger partial charge in [-0.05, 0) is 37.8 Å². The summed E-state index contributed by atoms with van der Waals surface area (Å²) >= 11 is 0. The van der Waals surface area contributed by atoms with Crippen molar-refractivity contribution in [1.82, 2.24) is 20.8 Å². The number of hydrogen-bond acceptors (Lipinski definition) is 3. The van der Waals surface area contributed by atoms with Crippen molar-refractivity contribution in [3.63, 3.8) is 0 Å². The van der Waals surface area contributed by atoms with Crippen LogP contribution in [0.1, 0.15) is 48.9 Å². The van der Waals surface area contributed by atoms with Crippen LogP contribution in [0.3, 0.4) is 0 Å². The maximum atomic E-state index is 5.45. The molecule has 1 aromatic carbocycles. The van der Waals surface area contributed by atoms with Gasteiger partial charge in [-0.2, -0.15) is 0 Å². The molecule has 0 unspecified atom stereocenters. The molecule has 6 nitrogen and oxygen atoms in total. The van der Waals surface area contributed by atoms with Crippen molar-refractivity contribution < 1.29 is 4.52 Å². The molecule has 0 aliphatic rings. The number of nitrogens with zero attached hydrogens (tertiary/aromatic N) is 2. The van der Waals surface area contributed by atoms with Gasteiger partial charge in [-0.1, -0.05) is 37.2 Å². The standard InChI is InChI=1S/C22H31N5O.HI/c1-5-19-18(20(6-2)28-27-19)14-26-22(23-7-3)24-12-11-16-13-25-21-15(4)9-8-10-17(16)21;/h8-10,13,25H,5-7,11-12,14H2,1-4H3,(H2,23,24,26);1H. The molecule has 2 heterocycles. The minimum Gasteiger partial charge on any atom is -0.361 e. The van der Waals surface area contributed by atoms with E-state index in [9.17, 15) is 0 Å². The highest BCUT2D eigenvalue weighted by Crippen LogP contribution is 2.21. The van der Waals surface area contributed by atoms with E-state index >= 15 is 0 Å². The Bertz CT molecular complexity index is 922. The molecule has 0 atom stereocenters. The minimum absolute atomic E-state index is 0. The summed E-state index contributed by atoms with van der Waals surface area (Å²) in [5, 5.41) is 12.2. The van der Waals surface area contributed by atoms with Gasteiger partial charge in [0.05, 0.1) is 12.2 Å². The van der Waals surface area contributed by atoms with Crippen molar-refractivity contribution in [3.8, 4) is 0 Å². The number of fused-ring (bicyclic) bond motifs is 1. The van der Waals surface area contributed by atoms with E-state index in [2.05, 4.69) is 72.9 Å². The Balaban J connectivity index is 0.00000300. The lowest BCUT2D eigenvalue weighted by Crippen LogP contribution is -2.38. The highest BCUT2D eigenvalue weighted by Gasteiger charge is 2.13. The van der Waals surface area contributed by atoms with E-state index in [1.54, 1.807) is 0 Å². The van der Waals surface area contributed by atoms with Crippen molar-refractivity contribution in [2.75, 3.05) is 13.1 Å². The van der Waals surface area contributed by atoms with Crippen LogP contribution in [-0.2, 0) is 25.8 Å².